The molecular weight excluding hydrogens is 396 g/mol. The Morgan fingerprint density at radius 1 is 1.20 bits per heavy atom. The third-order valence-electron chi connectivity index (χ3n) is 5.83. The summed E-state index contributed by atoms with van der Waals surface area (Å²) in [6, 6.07) is 8.27. The molecule has 0 bridgehead atoms. The number of likely N-dealkylation sites (tertiary alicyclic amines) is 1. The van der Waals surface area contributed by atoms with Crippen molar-refractivity contribution in [3.05, 3.63) is 52.7 Å². The molecule has 0 saturated carbocycles. The summed E-state index contributed by atoms with van der Waals surface area (Å²) in [5.74, 6) is 0.0694. The van der Waals surface area contributed by atoms with Gasteiger partial charge in [0.25, 0.3) is 11.8 Å². The van der Waals surface area contributed by atoms with Gasteiger partial charge in [-0.1, -0.05) is 31.0 Å². The Balaban J connectivity index is 1.71. The van der Waals surface area contributed by atoms with E-state index in [9.17, 15) is 9.59 Å². The average molecular weight is 425 g/mol. The van der Waals surface area contributed by atoms with Crippen LogP contribution in [0.4, 0.5) is 0 Å². The van der Waals surface area contributed by atoms with E-state index in [1.165, 1.54) is 0 Å². The van der Waals surface area contributed by atoms with Crippen LogP contribution in [-0.4, -0.2) is 58.1 Å². The quantitative estimate of drug-likeness (QED) is 0.637. The summed E-state index contributed by atoms with van der Waals surface area (Å²) in [6.07, 6.45) is 8.31. The molecule has 3 aromatic rings. The van der Waals surface area contributed by atoms with Gasteiger partial charge in [0.05, 0.1) is 16.6 Å². The minimum Gasteiger partial charge on any atom is -0.344 e. The van der Waals surface area contributed by atoms with Gasteiger partial charge < -0.3 is 9.80 Å². The van der Waals surface area contributed by atoms with Gasteiger partial charge in [-0.3, -0.25) is 14.3 Å². The maximum Gasteiger partial charge on any atom is 0.263 e. The van der Waals surface area contributed by atoms with Gasteiger partial charge in [-0.2, -0.15) is 5.10 Å². The first-order valence-corrected chi connectivity index (χ1v) is 11.3. The van der Waals surface area contributed by atoms with Crippen LogP contribution < -0.4 is 0 Å². The fourth-order valence-electron chi connectivity index (χ4n) is 4.27. The lowest BCUT2D eigenvalue weighted by atomic mass is 9.97. The van der Waals surface area contributed by atoms with Gasteiger partial charge in [-0.05, 0) is 36.3 Å². The summed E-state index contributed by atoms with van der Waals surface area (Å²) in [7, 11) is 5.41. The van der Waals surface area contributed by atoms with Gasteiger partial charge in [0.1, 0.15) is 0 Å². The maximum atomic E-state index is 13.3. The van der Waals surface area contributed by atoms with E-state index in [1.807, 2.05) is 24.1 Å². The van der Waals surface area contributed by atoms with Crippen LogP contribution in [0.25, 0.3) is 10.1 Å². The lowest BCUT2D eigenvalue weighted by Crippen LogP contribution is -2.41. The minimum absolute atomic E-state index is 0.0324. The largest absolute Gasteiger partial charge is 0.344 e. The number of carbonyl (C=O) groups is 2. The minimum atomic E-state index is 0.0324. The summed E-state index contributed by atoms with van der Waals surface area (Å²) in [4.78, 5) is 30.7. The SMILES string of the molecule is CN(C)C(=O)c1sc2ccccc2c1C[C@H]1CCCCCN1C(=O)c1cnn(C)c1. The number of fused-ring (bicyclic) bond motifs is 1. The summed E-state index contributed by atoms with van der Waals surface area (Å²) in [6.45, 7) is 0.747. The first-order chi connectivity index (χ1) is 14.5. The van der Waals surface area contributed by atoms with Crippen molar-refractivity contribution in [3.63, 3.8) is 0 Å². The second-order valence-corrected chi connectivity index (χ2v) is 9.27. The zero-order valence-corrected chi connectivity index (χ0v) is 18.6. The molecule has 0 N–H and O–H groups in total. The van der Waals surface area contributed by atoms with Crippen molar-refractivity contribution in [1.82, 2.24) is 19.6 Å². The van der Waals surface area contributed by atoms with Crippen molar-refractivity contribution in [1.29, 1.82) is 0 Å². The van der Waals surface area contributed by atoms with E-state index >= 15 is 0 Å². The molecule has 0 radical (unpaired) electrons. The molecule has 30 heavy (non-hydrogen) atoms. The number of hydrogen-bond donors (Lipinski definition) is 0. The van der Waals surface area contributed by atoms with Crippen LogP contribution in [0.15, 0.2) is 36.7 Å². The smallest absolute Gasteiger partial charge is 0.263 e. The molecule has 1 aromatic carbocycles. The van der Waals surface area contributed by atoms with Crippen molar-refractivity contribution in [2.24, 2.45) is 7.05 Å². The highest BCUT2D eigenvalue weighted by molar-refractivity contribution is 7.21. The van der Waals surface area contributed by atoms with Crippen molar-refractivity contribution in [2.75, 3.05) is 20.6 Å². The normalized spacial score (nSPS) is 17.2. The van der Waals surface area contributed by atoms with Gasteiger partial charge >= 0.3 is 0 Å². The predicted octanol–water partition coefficient (Wildman–Crippen LogP) is 3.96. The van der Waals surface area contributed by atoms with Crippen molar-refractivity contribution in [2.45, 2.75) is 38.1 Å². The van der Waals surface area contributed by atoms with E-state index in [2.05, 4.69) is 17.2 Å². The van der Waals surface area contributed by atoms with Gasteiger partial charge in [0, 0.05) is 44.6 Å². The molecule has 1 saturated heterocycles. The third-order valence-corrected chi connectivity index (χ3v) is 7.03. The monoisotopic (exact) mass is 424 g/mol. The first kappa shape index (κ1) is 20.6. The average Bonchev–Trinajstić information content (AvgIpc) is 3.24. The highest BCUT2D eigenvalue weighted by atomic mass is 32.1. The van der Waals surface area contributed by atoms with E-state index in [0.717, 1.165) is 52.8 Å². The Bertz CT molecular complexity index is 1070. The molecule has 1 fully saturated rings. The Kier molecular flexibility index (Phi) is 5.90. The number of thiophene rings is 1. The molecule has 3 heterocycles. The zero-order chi connectivity index (χ0) is 21.3. The third kappa shape index (κ3) is 3.99. The number of rotatable bonds is 4. The van der Waals surface area contributed by atoms with Crippen molar-refractivity contribution in [3.8, 4) is 0 Å². The number of aromatic nitrogens is 2. The van der Waals surface area contributed by atoms with Gasteiger partial charge in [-0.15, -0.1) is 11.3 Å². The van der Waals surface area contributed by atoms with E-state index in [1.54, 1.807) is 47.4 Å². The number of carbonyl (C=O) groups excluding carboxylic acids is 2. The molecule has 1 atom stereocenters. The predicted molar refractivity (Wildman–Crippen MR) is 120 cm³/mol. The highest BCUT2D eigenvalue weighted by Crippen LogP contribution is 2.35. The Morgan fingerprint density at radius 3 is 2.73 bits per heavy atom. The molecule has 158 valence electrons. The Labute approximate surface area is 181 Å². The molecule has 2 aromatic heterocycles. The molecule has 7 heteroatoms. The molecule has 0 unspecified atom stereocenters. The summed E-state index contributed by atoms with van der Waals surface area (Å²) in [5.41, 5.74) is 1.70. The maximum absolute atomic E-state index is 13.3. The fraction of sp³-hybridized carbons (Fsp3) is 0.435. The first-order valence-electron chi connectivity index (χ1n) is 10.5. The Hall–Kier alpha value is -2.67. The molecular formula is C23H28N4O2S. The van der Waals surface area contributed by atoms with E-state index in [0.29, 0.717) is 12.0 Å². The van der Waals surface area contributed by atoms with Crippen LogP contribution in [0.2, 0.25) is 0 Å². The van der Waals surface area contributed by atoms with Crippen LogP contribution in [0.1, 0.15) is 51.3 Å². The number of hydrogen-bond acceptors (Lipinski definition) is 4. The van der Waals surface area contributed by atoms with Crippen LogP contribution in [-0.2, 0) is 13.5 Å². The van der Waals surface area contributed by atoms with Crippen LogP contribution in [0.5, 0.6) is 0 Å². The Morgan fingerprint density at radius 2 is 2.00 bits per heavy atom. The molecule has 0 aliphatic carbocycles. The molecule has 6 nitrogen and oxygen atoms in total. The van der Waals surface area contributed by atoms with E-state index in [-0.39, 0.29) is 17.9 Å². The van der Waals surface area contributed by atoms with Gasteiger partial charge in [0.15, 0.2) is 0 Å². The summed E-state index contributed by atoms with van der Waals surface area (Å²) < 4.78 is 2.79. The van der Waals surface area contributed by atoms with Crippen LogP contribution in [0, 0.1) is 0 Å². The number of nitrogens with zero attached hydrogens (tertiary/aromatic N) is 4. The number of amides is 2. The summed E-state index contributed by atoms with van der Waals surface area (Å²) >= 11 is 1.56. The summed E-state index contributed by atoms with van der Waals surface area (Å²) in [5, 5.41) is 5.31. The lowest BCUT2D eigenvalue weighted by Gasteiger charge is -2.30. The number of aryl methyl sites for hydroxylation is 1. The van der Waals surface area contributed by atoms with E-state index < -0.39 is 0 Å². The van der Waals surface area contributed by atoms with Crippen molar-refractivity contribution >= 4 is 33.2 Å². The van der Waals surface area contributed by atoms with Gasteiger partial charge in [-0.25, -0.2) is 0 Å². The molecule has 1 aliphatic heterocycles. The second kappa shape index (κ2) is 8.60. The zero-order valence-electron chi connectivity index (χ0n) is 17.8. The molecule has 0 spiro atoms. The van der Waals surface area contributed by atoms with Crippen LogP contribution in [0.3, 0.4) is 0 Å². The number of benzene rings is 1. The second-order valence-electron chi connectivity index (χ2n) is 8.21. The molecule has 1 aliphatic rings. The molecule has 4 rings (SSSR count). The molecule has 2 amide bonds. The van der Waals surface area contributed by atoms with E-state index in [4.69, 9.17) is 0 Å². The van der Waals surface area contributed by atoms with Crippen molar-refractivity contribution < 1.29 is 9.59 Å². The lowest BCUT2D eigenvalue weighted by molar-refractivity contribution is 0.0682. The van der Waals surface area contributed by atoms with Gasteiger partial charge in [0.2, 0.25) is 0 Å². The fourth-order valence-corrected chi connectivity index (χ4v) is 5.52. The topological polar surface area (TPSA) is 58.4 Å². The standard InChI is InChI=1S/C23H28N4O2S/c1-25(2)23(29)21-19(18-10-6-7-11-20(18)30-21)13-17-9-5-4-8-12-27(17)22(28)16-14-24-26(3)15-16/h6-7,10-11,14-15,17H,4-5,8-9,12-13H2,1-3H3/t17-/m1/s1. The highest BCUT2D eigenvalue weighted by Gasteiger charge is 2.30. The van der Waals surface area contributed by atoms with Crippen LogP contribution >= 0.6 is 11.3 Å².